The molecular weight excluding hydrogens is 354 g/mol. The Kier molecular flexibility index (Phi) is 5.71. The van der Waals surface area contributed by atoms with Crippen LogP contribution in [0.5, 0.6) is 11.5 Å². The van der Waals surface area contributed by atoms with Gasteiger partial charge in [0.15, 0.2) is 11.5 Å². The van der Waals surface area contributed by atoms with Crippen molar-refractivity contribution in [2.45, 2.75) is 26.8 Å². The molecule has 1 unspecified atom stereocenters. The van der Waals surface area contributed by atoms with Gasteiger partial charge in [-0.15, -0.1) is 0 Å². The summed E-state index contributed by atoms with van der Waals surface area (Å²) in [5.41, 5.74) is 0.793. The minimum absolute atomic E-state index is 0.189. The molecule has 1 aromatic heterocycles. The van der Waals surface area contributed by atoms with Gasteiger partial charge in [-0.1, -0.05) is 11.6 Å². The van der Waals surface area contributed by atoms with Gasteiger partial charge in [0.1, 0.15) is 5.82 Å². The van der Waals surface area contributed by atoms with Gasteiger partial charge in [-0.3, -0.25) is 4.79 Å². The first-order valence-corrected chi connectivity index (χ1v) is 9.25. The number of imidazole rings is 1. The lowest BCUT2D eigenvalue weighted by molar-refractivity contribution is -0.126. The molecule has 1 atom stereocenters. The van der Waals surface area contributed by atoms with Crippen LogP contribution in [0.3, 0.4) is 0 Å². The minimum Gasteiger partial charge on any atom is -0.490 e. The monoisotopic (exact) mass is 377 g/mol. The largest absolute Gasteiger partial charge is 0.490 e. The number of carbonyl (C=O) groups excluding carboxylic acids is 1. The summed E-state index contributed by atoms with van der Waals surface area (Å²) in [4.78, 5) is 18.1. The molecule has 0 aliphatic carbocycles. The molecular formula is C19H24ClN3O3. The first kappa shape index (κ1) is 18.6. The fraction of sp³-hybridized carbons (Fsp3) is 0.474. The Morgan fingerprint density at radius 1 is 1.23 bits per heavy atom. The zero-order valence-corrected chi connectivity index (χ0v) is 16.1. The van der Waals surface area contributed by atoms with Gasteiger partial charge in [0.05, 0.1) is 18.2 Å². The molecule has 0 bridgehead atoms. The molecule has 1 amide bonds. The summed E-state index contributed by atoms with van der Waals surface area (Å²) >= 11 is 6.51. The Hall–Kier alpha value is -2.21. The van der Waals surface area contributed by atoms with E-state index in [2.05, 4.69) is 4.98 Å². The van der Waals surface area contributed by atoms with Crippen LogP contribution in [0.2, 0.25) is 5.02 Å². The van der Waals surface area contributed by atoms with E-state index in [0.717, 1.165) is 24.5 Å². The number of nitrogens with zero attached hydrogens (tertiary/aromatic N) is 3. The van der Waals surface area contributed by atoms with E-state index in [-0.39, 0.29) is 11.8 Å². The zero-order valence-electron chi connectivity index (χ0n) is 15.4. The van der Waals surface area contributed by atoms with Crippen LogP contribution in [-0.4, -0.2) is 47.2 Å². The van der Waals surface area contributed by atoms with Gasteiger partial charge in [-0.25, -0.2) is 4.98 Å². The third kappa shape index (κ3) is 3.80. The Morgan fingerprint density at radius 3 is 2.54 bits per heavy atom. The fourth-order valence-electron chi connectivity index (χ4n) is 3.30. The summed E-state index contributed by atoms with van der Waals surface area (Å²) in [6, 6.07) is 3.65. The normalized spacial score (nSPS) is 17.0. The number of carbonyl (C=O) groups is 1. The SMILES string of the molecule is CCOc1cc(Cl)c(-c2nccn2CC2CC(=O)N(C)C2)cc1OCC. The summed E-state index contributed by atoms with van der Waals surface area (Å²) in [6.07, 6.45) is 4.24. The molecule has 2 aromatic rings. The van der Waals surface area contributed by atoms with Crippen molar-refractivity contribution in [3.8, 4) is 22.9 Å². The van der Waals surface area contributed by atoms with Gasteiger partial charge >= 0.3 is 0 Å². The number of rotatable bonds is 7. The van der Waals surface area contributed by atoms with Crippen LogP contribution < -0.4 is 9.47 Å². The maximum atomic E-state index is 11.8. The van der Waals surface area contributed by atoms with Gasteiger partial charge in [-0.05, 0) is 19.9 Å². The molecule has 0 saturated carbocycles. The number of aromatic nitrogens is 2. The Morgan fingerprint density at radius 2 is 1.92 bits per heavy atom. The lowest BCUT2D eigenvalue weighted by Gasteiger charge is -2.16. The molecule has 1 aliphatic heterocycles. The average Bonchev–Trinajstić information content (AvgIpc) is 3.17. The van der Waals surface area contributed by atoms with E-state index in [1.54, 1.807) is 17.2 Å². The average molecular weight is 378 g/mol. The molecule has 1 saturated heterocycles. The van der Waals surface area contributed by atoms with Crippen LogP contribution in [0, 0.1) is 5.92 Å². The van der Waals surface area contributed by atoms with Crippen LogP contribution in [0.4, 0.5) is 0 Å². The number of benzene rings is 1. The third-order valence-corrected chi connectivity index (χ3v) is 4.78. The second-order valence-electron chi connectivity index (χ2n) is 6.39. The van der Waals surface area contributed by atoms with Gasteiger partial charge in [-0.2, -0.15) is 0 Å². The first-order chi connectivity index (χ1) is 12.5. The number of hydrogen-bond donors (Lipinski definition) is 0. The van der Waals surface area contributed by atoms with E-state index in [0.29, 0.717) is 36.2 Å². The predicted octanol–water partition coefficient (Wildman–Crippen LogP) is 3.48. The number of ether oxygens (including phenoxy) is 2. The van der Waals surface area contributed by atoms with Gasteiger partial charge in [0.25, 0.3) is 0 Å². The van der Waals surface area contributed by atoms with Crippen molar-refractivity contribution in [1.82, 2.24) is 14.5 Å². The van der Waals surface area contributed by atoms with Crippen molar-refractivity contribution in [3.05, 3.63) is 29.5 Å². The van der Waals surface area contributed by atoms with Crippen molar-refractivity contribution in [2.24, 2.45) is 5.92 Å². The van der Waals surface area contributed by atoms with Gasteiger partial charge in [0, 0.05) is 56.5 Å². The van der Waals surface area contributed by atoms with E-state index >= 15 is 0 Å². The number of likely N-dealkylation sites (tertiary alicyclic amines) is 1. The fourth-order valence-corrected chi connectivity index (χ4v) is 3.54. The molecule has 0 spiro atoms. The molecule has 0 radical (unpaired) electrons. The minimum atomic E-state index is 0.189. The zero-order chi connectivity index (χ0) is 18.7. The molecule has 6 nitrogen and oxygen atoms in total. The molecule has 26 heavy (non-hydrogen) atoms. The van der Waals surface area contributed by atoms with Crippen LogP contribution >= 0.6 is 11.6 Å². The van der Waals surface area contributed by atoms with Crippen molar-refractivity contribution in [1.29, 1.82) is 0 Å². The number of hydrogen-bond acceptors (Lipinski definition) is 4. The van der Waals surface area contributed by atoms with E-state index < -0.39 is 0 Å². The van der Waals surface area contributed by atoms with Crippen LogP contribution in [0.15, 0.2) is 24.5 Å². The van der Waals surface area contributed by atoms with Crippen LogP contribution in [0.25, 0.3) is 11.4 Å². The predicted molar refractivity (Wildman–Crippen MR) is 101 cm³/mol. The Bertz CT molecular complexity index is 790. The molecule has 3 rings (SSSR count). The topological polar surface area (TPSA) is 56.6 Å². The highest BCUT2D eigenvalue weighted by Crippen LogP contribution is 2.38. The smallest absolute Gasteiger partial charge is 0.222 e. The summed E-state index contributed by atoms with van der Waals surface area (Å²) in [6.45, 7) is 6.40. The molecule has 0 N–H and O–H groups in total. The first-order valence-electron chi connectivity index (χ1n) is 8.88. The number of halogens is 1. The molecule has 7 heteroatoms. The maximum Gasteiger partial charge on any atom is 0.222 e. The van der Waals surface area contributed by atoms with Crippen molar-refractivity contribution >= 4 is 17.5 Å². The van der Waals surface area contributed by atoms with E-state index in [1.165, 1.54) is 0 Å². The Labute approximate surface area is 158 Å². The van der Waals surface area contributed by atoms with E-state index in [4.69, 9.17) is 21.1 Å². The van der Waals surface area contributed by atoms with Crippen molar-refractivity contribution in [2.75, 3.05) is 26.8 Å². The highest BCUT2D eigenvalue weighted by atomic mass is 35.5. The van der Waals surface area contributed by atoms with E-state index in [9.17, 15) is 4.79 Å². The van der Waals surface area contributed by atoms with Crippen LogP contribution in [0.1, 0.15) is 20.3 Å². The quantitative estimate of drug-likeness (QED) is 0.741. The highest BCUT2D eigenvalue weighted by molar-refractivity contribution is 6.33. The molecule has 1 aliphatic rings. The van der Waals surface area contributed by atoms with Gasteiger partial charge < -0.3 is 18.9 Å². The van der Waals surface area contributed by atoms with Gasteiger partial charge in [0.2, 0.25) is 5.91 Å². The van der Waals surface area contributed by atoms with Crippen LogP contribution in [-0.2, 0) is 11.3 Å². The summed E-state index contributed by atoms with van der Waals surface area (Å²) in [7, 11) is 1.84. The van der Waals surface area contributed by atoms with Crippen molar-refractivity contribution in [3.63, 3.8) is 0 Å². The lowest BCUT2D eigenvalue weighted by Crippen LogP contribution is -2.20. The maximum absolute atomic E-state index is 11.8. The third-order valence-electron chi connectivity index (χ3n) is 4.47. The Balaban J connectivity index is 1.91. The van der Waals surface area contributed by atoms with Crippen molar-refractivity contribution < 1.29 is 14.3 Å². The highest BCUT2D eigenvalue weighted by Gasteiger charge is 2.27. The second-order valence-corrected chi connectivity index (χ2v) is 6.80. The molecule has 2 heterocycles. The molecule has 1 fully saturated rings. The molecule has 1 aromatic carbocycles. The summed E-state index contributed by atoms with van der Waals surface area (Å²) < 4.78 is 13.4. The van der Waals surface area contributed by atoms with E-state index in [1.807, 2.05) is 37.7 Å². The standard InChI is InChI=1S/C19H24ClN3O3/c1-4-25-16-9-14(15(20)10-17(16)26-5-2)19-21-6-7-23(19)12-13-8-18(24)22(3)11-13/h6-7,9-10,13H,4-5,8,11-12H2,1-3H3. The summed E-state index contributed by atoms with van der Waals surface area (Å²) in [5, 5.41) is 0.559. The number of amides is 1. The lowest BCUT2D eigenvalue weighted by atomic mass is 10.1. The second kappa shape index (κ2) is 7.99. The summed E-state index contributed by atoms with van der Waals surface area (Å²) in [5.74, 6) is 2.51. The molecule has 140 valence electrons.